The van der Waals surface area contributed by atoms with Gasteiger partial charge in [-0.05, 0) is 12.8 Å². The van der Waals surface area contributed by atoms with Crippen LogP contribution in [0.1, 0.15) is 23.2 Å². The van der Waals surface area contributed by atoms with Gasteiger partial charge in [-0.15, -0.1) is 0 Å². The van der Waals surface area contributed by atoms with Crippen molar-refractivity contribution in [2.75, 3.05) is 0 Å². The molecule has 2 rings (SSSR count). The Balaban J connectivity index is 2.07. The molecule has 0 amide bonds. The molecule has 12 heavy (non-hydrogen) atoms. The van der Waals surface area contributed by atoms with Crippen LogP contribution in [0.4, 0.5) is 0 Å². The van der Waals surface area contributed by atoms with Crippen LogP contribution in [0.3, 0.4) is 0 Å². The summed E-state index contributed by atoms with van der Waals surface area (Å²) >= 11 is 0. The van der Waals surface area contributed by atoms with Gasteiger partial charge in [-0.1, -0.05) is 0 Å². The van der Waals surface area contributed by atoms with Gasteiger partial charge in [-0.3, -0.25) is 4.79 Å². The zero-order valence-electron chi connectivity index (χ0n) is 6.43. The highest BCUT2D eigenvalue weighted by atomic mass is 16.5. The minimum atomic E-state index is 0.298. The summed E-state index contributed by atoms with van der Waals surface area (Å²) in [5.74, 6) is 0. The van der Waals surface area contributed by atoms with E-state index in [1.807, 2.05) is 0 Å². The second kappa shape index (κ2) is 2.89. The first-order valence-electron chi connectivity index (χ1n) is 3.82. The average Bonchev–Trinajstić information content (AvgIpc) is 2.90. The molecule has 4 nitrogen and oxygen atoms in total. The second-order valence-electron chi connectivity index (χ2n) is 2.73. The Labute approximate surface area is 69.6 Å². The number of ether oxygens (including phenoxy) is 1. The summed E-state index contributed by atoms with van der Waals surface area (Å²) in [4.78, 5) is 18.0. The average molecular weight is 164 g/mol. The van der Waals surface area contributed by atoms with E-state index in [0.717, 1.165) is 12.8 Å². The zero-order valence-corrected chi connectivity index (χ0v) is 6.43. The van der Waals surface area contributed by atoms with Crippen molar-refractivity contribution < 1.29 is 9.53 Å². The first kappa shape index (κ1) is 7.21. The number of rotatable bonds is 3. The Bertz CT molecular complexity index is 280. The summed E-state index contributed by atoms with van der Waals surface area (Å²) in [6, 6.07) is 0.364. The third-order valence-corrected chi connectivity index (χ3v) is 1.58. The highest BCUT2D eigenvalue weighted by Crippen LogP contribution is 2.23. The SMILES string of the molecule is O=Cc1cnc(OC2CC2)nc1. The molecule has 1 heterocycles. The molecule has 0 unspecified atom stereocenters. The van der Waals surface area contributed by atoms with Crippen molar-refractivity contribution in [2.45, 2.75) is 18.9 Å². The van der Waals surface area contributed by atoms with E-state index in [0.29, 0.717) is 24.0 Å². The van der Waals surface area contributed by atoms with Crippen molar-refractivity contribution in [3.8, 4) is 6.01 Å². The van der Waals surface area contributed by atoms with Gasteiger partial charge >= 0.3 is 6.01 Å². The molecule has 0 aromatic carbocycles. The quantitative estimate of drug-likeness (QED) is 0.621. The monoisotopic (exact) mass is 164 g/mol. The van der Waals surface area contributed by atoms with Crippen LogP contribution < -0.4 is 4.74 Å². The number of carbonyl (C=O) groups excluding carboxylic acids is 1. The molecular formula is C8H8N2O2. The normalized spacial score (nSPS) is 15.7. The van der Waals surface area contributed by atoms with Crippen molar-refractivity contribution in [2.24, 2.45) is 0 Å². The van der Waals surface area contributed by atoms with Gasteiger partial charge in [-0.2, -0.15) is 0 Å². The number of hydrogen-bond donors (Lipinski definition) is 0. The Kier molecular flexibility index (Phi) is 1.74. The van der Waals surface area contributed by atoms with Crippen LogP contribution in [0.15, 0.2) is 12.4 Å². The highest BCUT2D eigenvalue weighted by Gasteiger charge is 2.24. The van der Waals surface area contributed by atoms with Gasteiger partial charge < -0.3 is 4.74 Å². The van der Waals surface area contributed by atoms with Crippen molar-refractivity contribution >= 4 is 6.29 Å². The van der Waals surface area contributed by atoms with E-state index in [-0.39, 0.29) is 0 Å². The van der Waals surface area contributed by atoms with Crippen LogP contribution in [-0.4, -0.2) is 22.4 Å². The van der Waals surface area contributed by atoms with Gasteiger partial charge in [-0.25, -0.2) is 9.97 Å². The molecule has 1 aromatic rings. The molecule has 1 aliphatic rings. The molecule has 0 spiro atoms. The third kappa shape index (κ3) is 1.58. The van der Waals surface area contributed by atoms with Gasteiger partial charge in [0.2, 0.25) is 0 Å². The maximum absolute atomic E-state index is 10.2. The lowest BCUT2D eigenvalue weighted by atomic mass is 10.4. The lowest BCUT2D eigenvalue weighted by Gasteiger charge is -1.99. The lowest BCUT2D eigenvalue weighted by Crippen LogP contribution is -2.00. The standard InChI is InChI=1S/C8H8N2O2/c11-5-6-3-9-8(10-4-6)12-7-1-2-7/h3-5,7H,1-2H2. The van der Waals surface area contributed by atoms with Gasteiger partial charge in [0.15, 0.2) is 6.29 Å². The fraction of sp³-hybridized carbons (Fsp3) is 0.375. The first-order chi connectivity index (χ1) is 5.88. The van der Waals surface area contributed by atoms with Gasteiger partial charge in [0.05, 0.1) is 5.56 Å². The van der Waals surface area contributed by atoms with E-state index < -0.39 is 0 Å². The number of nitrogens with zero attached hydrogens (tertiary/aromatic N) is 2. The summed E-state index contributed by atoms with van der Waals surface area (Å²) in [7, 11) is 0. The Morgan fingerprint density at radius 2 is 2.08 bits per heavy atom. The third-order valence-electron chi connectivity index (χ3n) is 1.58. The van der Waals surface area contributed by atoms with E-state index in [4.69, 9.17) is 4.74 Å². The fourth-order valence-corrected chi connectivity index (χ4v) is 0.783. The van der Waals surface area contributed by atoms with Crippen LogP contribution in [0, 0.1) is 0 Å². The molecule has 0 atom stereocenters. The molecule has 1 aromatic heterocycles. The number of aldehydes is 1. The van der Waals surface area contributed by atoms with Gasteiger partial charge in [0, 0.05) is 12.4 Å². The number of hydrogen-bond acceptors (Lipinski definition) is 4. The molecule has 0 radical (unpaired) electrons. The molecule has 0 saturated heterocycles. The number of aromatic nitrogens is 2. The van der Waals surface area contributed by atoms with Crippen molar-refractivity contribution in [3.63, 3.8) is 0 Å². The van der Waals surface area contributed by atoms with E-state index >= 15 is 0 Å². The molecule has 0 N–H and O–H groups in total. The summed E-state index contributed by atoms with van der Waals surface area (Å²) < 4.78 is 5.29. The Hall–Kier alpha value is -1.45. The molecule has 0 aliphatic heterocycles. The number of carbonyl (C=O) groups is 1. The van der Waals surface area contributed by atoms with Crippen molar-refractivity contribution in [3.05, 3.63) is 18.0 Å². The molecule has 1 fully saturated rings. The minimum Gasteiger partial charge on any atom is -0.460 e. The summed E-state index contributed by atoms with van der Waals surface area (Å²) in [5, 5.41) is 0. The van der Waals surface area contributed by atoms with E-state index in [9.17, 15) is 4.79 Å². The van der Waals surface area contributed by atoms with E-state index in [1.54, 1.807) is 0 Å². The predicted molar refractivity (Wildman–Crippen MR) is 41.1 cm³/mol. The van der Waals surface area contributed by atoms with Gasteiger partial charge in [0.1, 0.15) is 6.10 Å². The highest BCUT2D eigenvalue weighted by molar-refractivity contribution is 5.73. The van der Waals surface area contributed by atoms with Crippen molar-refractivity contribution in [1.82, 2.24) is 9.97 Å². The molecule has 1 saturated carbocycles. The van der Waals surface area contributed by atoms with E-state index in [2.05, 4.69) is 9.97 Å². The van der Waals surface area contributed by atoms with E-state index in [1.165, 1.54) is 12.4 Å². The van der Waals surface area contributed by atoms with Crippen LogP contribution in [0.25, 0.3) is 0 Å². The molecular weight excluding hydrogens is 156 g/mol. The molecule has 1 aliphatic carbocycles. The fourth-order valence-electron chi connectivity index (χ4n) is 0.783. The maximum atomic E-state index is 10.2. The topological polar surface area (TPSA) is 52.1 Å². The predicted octanol–water partition coefficient (Wildman–Crippen LogP) is 0.830. The van der Waals surface area contributed by atoms with Crippen LogP contribution in [0.2, 0.25) is 0 Å². The zero-order chi connectivity index (χ0) is 8.39. The summed E-state index contributed by atoms with van der Waals surface area (Å²) in [5.41, 5.74) is 0.471. The molecule has 0 bridgehead atoms. The minimum absolute atomic E-state index is 0.298. The van der Waals surface area contributed by atoms with Crippen molar-refractivity contribution in [1.29, 1.82) is 0 Å². The smallest absolute Gasteiger partial charge is 0.316 e. The van der Waals surface area contributed by atoms with Crippen LogP contribution >= 0.6 is 0 Å². The summed E-state index contributed by atoms with van der Waals surface area (Å²) in [6.45, 7) is 0. The lowest BCUT2D eigenvalue weighted by molar-refractivity contribution is 0.112. The molecule has 4 heteroatoms. The van der Waals surface area contributed by atoms with Crippen LogP contribution in [-0.2, 0) is 0 Å². The largest absolute Gasteiger partial charge is 0.460 e. The first-order valence-corrected chi connectivity index (χ1v) is 3.82. The second-order valence-corrected chi connectivity index (χ2v) is 2.73. The maximum Gasteiger partial charge on any atom is 0.316 e. The molecule has 62 valence electrons. The van der Waals surface area contributed by atoms with Crippen LogP contribution in [0.5, 0.6) is 6.01 Å². The Morgan fingerprint density at radius 3 is 2.58 bits per heavy atom. The summed E-state index contributed by atoms with van der Waals surface area (Å²) in [6.07, 6.45) is 6.08. The van der Waals surface area contributed by atoms with Gasteiger partial charge in [0.25, 0.3) is 0 Å². The Morgan fingerprint density at radius 1 is 1.42 bits per heavy atom.